The lowest BCUT2D eigenvalue weighted by atomic mass is 9.88. The summed E-state index contributed by atoms with van der Waals surface area (Å²) in [4.78, 5) is 2.39. The number of hydrogen-bond donors (Lipinski definition) is 1. The lowest BCUT2D eigenvalue weighted by Crippen LogP contribution is -2.46. The lowest BCUT2D eigenvalue weighted by Gasteiger charge is -2.42. The van der Waals surface area contributed by atoms with Gasteiger partial charge >= 0.3 is 0 Å². The fraction of sp³-hybridized carbons (Fsp3) is 0.625. The molecule has 2 aliphatic rings. The van der Waals surface area contributed by atoms with Crippen molar-refractivity contribution >= 4 is 11.4 Å². The van der Waals surface area contributed by atoms with Crippen LogP contribution in [0.15, 0.2) is 24.3 Å². The van der Waals surface area contributed by atoms with E-state index in [9.17, 15) is 0 Å². The minimum Gasteiger partial charge on any atom is -0.399 e. The van der Waals surface area contributed by atoms with Gasteiger partial charge in [0.25, 0.3) is 0 Å². The quantitative estimate of drug-likeness (QED) is 0.830. The van der Waals surface area contributed by atoms with Crippen molar-refractivity contribution in [3.8, 4) is 0 Å². The molecule has 1 saturated carbocycles. The highest BCUT2D eigenvalue weighted by Gasteiger charge is 2.40. The van der Waals surface area contributed by atoms with Crippen molar-refractivity contribution in [2.24, 2.45) is 0 Å². The number of anilines is 2. The van der Waals surface area contributed by atoms with Gasteiger partial charge in [0.05, 0.1) is 5.60 Å². The van der Waals surface area contributed by atoms with Crippen LogP contribution in [0.4, 0.5) is 11.4 Å². The molecule has 1 atom stereocenters. The molecule has 0 bridgehead atoms. The Kier molecular flexibility index (Phi) is 3.40. The lowest BCUT2D eigenvalue weighted by molar-refractivity contribution is -0.0795. The summed E-state index contributed by atoms with van der Waals surface area (Å²) >= 11 is 0. The zero-order valence-corrected chi connectivity index (χ0v) is 11.8. The molecule has 0 radical (unpaired) electrons. The summed E-state index contributed by atoms with van der Waals surface area (Å²) in [5.41, 5.74) is 8.13. The Morgan fingerprint density at radius 1 is 1.32 bits per heavy atom. The van der Waals surface area contributed by atoms with Crippen molar-refractivity contribution in [2.45, 2.75) is 50.2 Å². The average molecular weight is 260 g/mol. The van der Waals surface area contributed by atoms with Crippen LogP contribution < -0.4 is 10.6 Å². The number of hydrogen-bond acceptors (Lipinski definition) is 3. The van der Waals surface area contributed by atoms with Gasteiger partial charge in [0.15, 0.2) is 0 Å². The van der Waals surface area contributed by atoms with E-state index in [1.165, 1.54) is 31.4 Å². The molecule has 19 heavy (non-hydrogen) atoms. The molecular formula is C16H24N2O. The molecule has 1 aliphatic heterocycles. The Hall–Kier alpha value is -1.22. The van der Waals surface area contributed by atoms with Gasteiger partial charge in [-0.05, 0) is 43.9 Å². The molecule has 1 aromatic carbocycles. The molecule has 0 aromatic heterocycles. The number of nitrogens with two attached hydrogens (primary N) is 1. The van der Waals surface area contributed by atoms with Gasteiger partial charge in [-0.3, -0.25) is 0 Å². The molecule has 1 saturated heterocycles. The minimum atomic E-state index is 0.178. The SMILES string of the molecule is CN(c1cccc(N)c1)C1CCOC2(CCCC2)C1. The van der Waals surface area contributed by atoms with Crippen LogP contribution >= 0.6 is 0 Å². The monoisotopic (exact) mass is 260 g/mol. The second-order valence-corrected chi connectivity index (χ2v) is 6.09. The molecule has 1 heterocycles. The van der Waals surface area contributed by atoms with Crippen molar-refractivity contribution in [1.29, 1.82) is 0 Å². The third kappa shape index (κ3) is 2.57. The van der Waals surface area contributed by atoms with E-state index in [0.717, 1.165) is 25.1 Å². The topological polar surface area (TPSA) is 38.5 Å². The van der Waals surface area contributed by atoms with Gasteiger partial charge in [0.2, 0.25) is 0 Å². The Balaban J connectivity index is 1.74. The van der Waals surface area contributed by atoms with Crippen LogP contribution in [0.3, 0.4) is 0 Å². The van der Waals surface area contributed by atoms with Crippen LogP contribution in [0.5, 0.6) is 0 Å². The van der Waals surface area contributed by atoms with E-state index in [0.29, 0.717) is 6.04 Å². The van der Waals surface area contributed by atoms with Crippen molar-refractivity contribution in [1.82, 2.24) is 0 Å². The molecule has 3 nitrogen and oxygen atoms in total. The summed E-state index contributed by atoms with van der Waals surface area (Å²) < 4.78 is 6.12. The van der Waals surface area contributed by atoms with Crippen LogP contribution in [-0.2, 0) is 4.74 Å². The normalized spacial score (nSPS) is 25.6. The maximum atomic E-state index is 6.12. The molecule has 1 spiro atoms. The van der Waals surface area contributed by atoms with E-state index in [2.05, 4.69) is 24.1 Å². The first kappa shape index (κ1) is 12.8. The highest BCUT2D eigenvalue weighted by molar-refractivity contribution is 5.56. The van der Waals surface area contributed by atoms with E-state index < -0.39 is 0 Å². The zero-order valence-electron chi connectivity index (χ0n) is 11.8. The summed E-state index contributed by atoms with van der Waals surface area (Å²) in [5, 5.41) is 0. The molecule has 1 aromatic rings. The van der Waals surface area contributed by atoms with E-state index in [1.807, 2.05) is 12.1 Å². The van der Waals surface area contributed by atoms with Crippen molar-refractivity contribution < 1.29 is 4.74 Å². The number of rotatable bonds is 2. The van der Waals surface area contributed by atoms with Crippen LogP contribution in [0.1, 0.15) is 38.5 Å². The van der Waals surface area contributed by atoms with Crippen LogP contribution in [-0.4, -0.2) is 25.3 Å². The minimum absolute atomic E-state index is 0.178. The largest absolute Gasteiger partial charge is 0.399 e. The molecule has 1 unspecified atom stereocenters. The fourth-order valence-electron chi connectivity index (χ4n) is 3.66. The summed E-state index contributed by atoms with van der Waals surface area (Å²) in [6, 6.07) is 8.77. The highest BCUT2D eigenvalue weighted by Crippen LogP contribution is 2.41. The van der Waals surface area contributed by atoms with Crippen molar-refractivity contribution in [3.63, 3.8) is 0 Å². The summed E-state index contributed by atoms with van der Waals surface area (Å²) in [5.74, 6) is 0. The van der Waals surface area contributed by atoms with Crippen molar-refractivity contribution in [3.05, 3.63) is 24.3 Å². The molecule has 104 valence electrons. The number of nitrogen functional groups attached to an aromatic ring is 1. The van der Waals surface area contributed by atoms with Gasteiger partial charge in [-0.25, -0.2) is 0 Å². The van der Waals surface area contributed by atoms with E-state index in [1.54, 1.807) is 0 Å². The number of nitrogens with zero attached hydrogens (tertiary/aromatic N) is 1. The number of benzene rings is 1. The smallest absolute Gasteiger partial charge is 0.0702 e. The molecule has 3 rings (SSSR count). The van der Waals surface area contributed by atoms with Crippen LogP contribution in [0.25, 0.3) is 0 Å². The zero-order chi connectivity index (χ0) is 13.3. The maximum absolute atomic E-state index is 6.12. The first-order valence-corrected chi connectivity index (χ1v) is 7.41. The predicted octanol–water partition coefficient (Wildman–Crippen LogP) is 3.20. The molecule has 2 fully saturated rings. The standard InChI is InChI=1S/C16H24N2O/c1-18(14-6-4-5-13(17)11-14)15-7-10-19-16(12-15)8-2-3-9-16/h4-6,11,15H,2-3,7-10,12,17H2,1H3. The van der Waals surface area contributed by atoms with Gasteiger partial charge in [-0.1, -0.05) is 18.9 Å². The summed E-state index contributed by atoms with van der Waals surface area (Å²) in [6.45, 7) is 0.900. The molecule has 3 heteroatoms. The highest BCUT2D eigenvalue weighted by atomic mass is 16.5. The number of ether oxygens (including phenoxy) is 1. The third-order valence-corrected chi connectivity index (χ3v) is 4.81. The maximum Gasteiger partial charge on any atom is 0.0702 e. The van der Waals surface area contributed by atoms with Crippen LogP contribution in [0.2, 0.25) is 0 Å². The van der Waals surface area contributed by atoms with Gasteiger partial charge in [0, 0.05) is 31.1 Å². The Morgan fingerprint density at radius 2 is 2.11 bits per heavy atom. The molecule has 0 amide bonds. The first-order valence-electron chi connectivity index (χ1n) is 7.41. The Morgan fingerprint density at radius 3 is 2.84 bits per heavy atom. The molecule has 2 N–H and O–H groups in total. The summed E-state index contributed by atoms with van der Waals surface area (Å²) in [6.07, 6.45) is 7.43. The first-order chi connectivity index (χ1) is 9.19. The van der Waals surface area contributed by atoms with Gasteiger partial charge < -0.3 is 15.4 Å². The second kappa shape index (κ2) is 5.04. The van der Waals surface area contributed by atoms with E-state index in [4.69, 9.17) is 10.5 Å². The van der Waals surface area contributed by atoms with E-state index in [-0.39, 0.29) is 5.60 Å². The Bertz CT molecular complexity index is 440. The summed E-state index contributed by atoms with van der Waals surface area (Å²) in [7, 11) is 2.19. The van der Waals surface area contributed by atoms with Gasteiger partial charge in [-0.2, -0.15) is 0 Å². The van der Waals surface area contributed by atoms with E-state index >= 15 is 0 Å². The fourth-order valence-corrected chi connectivity index (χ4v) is 3.66. The van der Waals surface area contributed by atoms with Crippen LogP contribution in [0, 0.1) is 0 Å². The molecular weight excluding hydrogens is 236 g/mol. The van der Waals surface area contributed by atoms with Crippen molar-refractivity contribution in [2.75, 3.05) is 24.3 Å². The van der Waals surface area contributed by atoms with Gasteiger partial charge in [-0.15, -0.1) is 0 Å². The van der Waals surface area contributed by atoms with Gasteiger partial charge in [0.1, 0.15) is 0 Å². The second-order valence-electron chi connectivity index (χ2n) is 6.09. The molecule has 1 aliphatic carbocycles. The Labute approximate surface area is 115 Å². The predicted molar refractivity (Wildman–Crippen MR) is 79.4 cm³/mol. The average Bonchev–Trinajstić information content (AvgIpc) is 2.86. The third-order valence-electron chi connectivity index (χ3n) is 4.81.